The van der Waals surface area contributed by atoms with Crippen molar-refractivity contribution in [2.24, 2.45) is 0 Å². The Morgan fingerprint density at radius 1 is 1.10 bits per heavy atom. The lowest BCUT2D eigenvalue weighted by Crippen LogP contribution is -2.21. The largest absolute Gasteiger partial charge is 0.341 e. The highest BCUT2D eigenvalue weighted by Crippen LogP contribution is 2.41. The molecule has 0 aromatic heterocycles. The van der Waals surface area contributed by atoms with Crippen LogP contribution in [0.1, 0.15) is 49.9 Å². The lowest BCUT2D eigenvalue weighted by atomic mass is 9.96. The van der Waals surface area contributed by atoms with Gasteiger partial charge in [-0.1, -0.05) is 39.7 Å². The van der Waals surface area contributed by atoms with E-state index < -0.39 is 30.1 Å². The fourth-order valence-electron chi connectivity index (χ4n) is 3.44. The third kappa shape index (κ3) is 4.18. The Morgan fingerprint density at radius 3 is 2.48 bits per heavy atom. The van der Waals surface area contributed by atoms with Crippen molar-refractivity contribution in [3.05, 3.63) is 97.7 Å². The first kappa shape index (κ1) is 21.4. The SMILES string of the molecule is O=C(Nc1cc(Br)cc2c1C(c1cc(F)ccc1Cl)NC2=O)c1ccc(C(F)F)cc1. The molecule has 1 unspecified atom stereocenters. The van der Waals surface area contributed by atoms with Gasteiger partial charge in [0, 0.05) is 43.0 Å². The van der Waals surface area contributed by atoms with Crippen LogP contribution in [0.5, 0.6) is 0 Å². The zero-order valence-electron chi connectivity index (χ0n) is 15.6. The smallest absolute Gasteiger partial charge is 0.263 e. The second kappa shape index (κ2) is 8.36. The van der Waals surface area contributed by atoms with Crippen molar-refractivity contribution in [1.29, 1.82) is 0 Å². The highest BCUT2D eigenvalue weighted by atomic mass is 79.9. The zero-order chi connectivity index (χ0) is 22.3. The first-order chi connectivity index (χ1) is 14.7. The van der Waals surface area contributed by atoms with Crippen LogP contribution in [0.3, 0.4) is 0 Å². The number of rotatable bonds is 4. The van der Waals surface area contributed by atoms with Gasteiger partial charge in [0.2, 0.25) is 0 Å². The van der Waals surface area contributed by atoms with Gasteiger partial charge in [-0.25, -0.2) is 13.2 Å². The van der Waals surface area contributed by atoms with Crippen LogP contribution in [-0.2, 0) is 0 Å². The van der Waals surface area contributed by atoms with E-state index in [4.69, 9.17) is 11.6 Å². The van der Waals surface area contributed by atoms with E-state index in [9.17, 15) is 22.8 Å². The summed E-state index contributed by atoms with van der Waals surface area (Å²) in [6, 6.07) is 11.1. The number of alkyl halides is 2. The molecule has 0 bridgehead atoms. The molecule has 1 aliphatic rings. The van der Waals surface area contributed by atoms with Crippen molar-refractivity contribution in [2.75, 3.05) is 5.32 Å². The summed E-state index contributed by atoms with van der Waals surface area (Å²) >= 11 is 9.56. The van der Waals surface area contributed by atoms with Crippen LogP contribution in [-0.4, -0.2) is 11.8 Å². The van der Waals surface area contributed by atoms with Crippen molar-refractivity contribution < 1.29 is 22.8 Å². The van der Waals surface area contributed by atoms with Crippen molar-refractivity contribution in [1.82, 2.24) is 5.32 Å². The Labute approximate surface area is 188 Å². The second-order valence-electron chi connectivity index (χ2n) is 6.86. The molecule has 3 aromatic rings. The monoisotopic (exact) mass is 508 g/mol. The molecule has 0 spiro atoms. The number of nitrogens with one attached hydrogen (secondary N) is 2. The summed E-state index contributed by atoms with van der Waals surface area (Å²) in [7, 11) is 0. The number of hydrogen-bond donors (Lipinski definition) is 2. The van der Waals surface area contributed by atoms with Crippen LogP contribution in [0.15, 0.2) is 59.1 Å². The minimum absolute atomic E-state index is 0.163. The molecule has 0 saturated heterocycles. The summed E-state index contributed by atoms with van der Waals surface area (Å²) < 4.78 is 39.9. The number of anilines is 1. The number of carbonyl (C=O) groups excluding carboxylic acids is 2. The first-order valence-electron chi connectivity index (χ1n) is 9.03. The van der Waals surface area contributed by atoms with Crippen molar-refractivity contribution in [3.63, 3.8) is 0 Å². The molecular weight excluding hydrogens is 497 g/mol. The molecule has 3 aromatic carbocycles. The quantitative estimate of drug-likeness (QED) is 0.436. The number of halogens is 5. The Bertz CT molecular complexity index is 1200. The van der Waals surface area contributed by atoms with Gasteiger partial charge in [0.1, 0.15) is 5.82 Å². The third-order valence-corrected chi connectivity index (χ3v) is 5.70. The maximum absolute atomic E-state index is 13.9. The van der Waals surface area contributed by atoms with Crippen LogP contribution >= 0.6 is 27.5 Å². The molecule has 0 aliphatic carbocycles. The highest BCUT2D eigenvalue weighted by Gasteiger charge is 2.34. The summed E-state index contributed by atoms with van der Waals surface area (Å²) in [5, 5.41) is 5.73. The van der Waals surface area contributed by atoms with Gasteiger partial charge in [0.15, 0.2) is 0 Å². The molecule has 158 valence electrons. The highest BCUT2D eigenvalue weighted by molar-refractivity contribution is 9.10. The van der Waals surface area contributed by atoms with Gasteiger partial charge in [0.25, 0.3) is 18.2 Å². The van der Waals surface area contributed by atoms with E-state index in [1.54, 1.807) is 12.1 Å². The van der Waals surface area contributed by atoms with Gasteiger partial charge < -0.3 is 10.6 Å². The molecule has 1 aliphatic heterocycles. The Morgan fingerprint density at radius 2 is 1.81 bits per heavy atom. The lowest BCUT2D eigenvalue weighted by molar-refractivity contribution is 0.0959. The van der Waals surface area contributed by atoms with Crippen molar-refractivity contribution in [2.45, 2.75) is 12.5 Å². The summed E-state index contributed by atoms with van der Waals surface area (Å²) in [5.41, 5.74) is 1.33. The summed E-state index contributed by atoms with van der Waals surface area (Å²) in [6.07, 6.45) is -2.64. The molecule has 0 saturated carbocycles. The van der Waals surface area contributed by atoms with Gasteiger partial charge >= 0.3 is 0 Å². The molecule has 2 N–H and O–H groups in total. The van der Waals surface area contributed by atoms with E-state index in [1.807, 2.05) is 0 Å². The van der Waals surface area contributed by atoms with Crippen LogP contribution in [0, 0.1) is 5.82 Å². The fraction of sp³-hybridized carbons (Fsp3) is 0.0909. The minimum Gasteiger partial charge on any atom is -0.341 e. The maximum atomic E-state index is 13.9. The van der Waals surface area contributed by atoms with Crippen molar-refractivity contribution >= 4 is 45.0 Å². The molecule has 1 atom stereocenters. The zero-order valence-corrected chi connectivity index (χ0v) is 17.9. The third-order valence-electron chi connectivity index (χ3n) is 4.90. The number of amides is 2. The van der Waals surface area contributed by atoms with Gasteiger partial charge in [-0.15, -0.1) is 0 Å². The Kier molecular flexibility index (Phi) is 5.77. The maximum Gasteiger partial charge on any atom is 0.263 e. The van der Waals surface area contributed by atoms with Gasteiger partial charge in [0.05, 0.1) is 6.04 Å². The number of benzene rings is 3. The summed E-state index contributed by atoms with van der Waals surface area (Å²) in [5.74, 6) is -1.48. The van der Waals surface area contributed by atoms with E-state index in [0.717, 1.165) is 0 Å². The van der Waals surface area contributed by atoms with Gasteiger partial charge in [-0.05, 0) is 42.5 Å². The van der Waals surface area contributed by atoms with Gasteiger partial charge in [-0.3, -0.25) is 9.59 Å². The Hall–Kier alpha value is -2.84. The lowest BCUT2D eigenvalue weighted by Gasteiger charge is -2.18. The number of hydrogen-bond acceptors (Lipinski definition) is 2. The van der Waals surface area contributed by atoms with Crippen LogP contribution in [0.25, 0.3) is 0 Å². The van der Waals surface area contributed by atoms with E-state index in [-0.39, 0.29) is 16.1 Å². The predicted octanol–water partition coefficient (Wildman–Crippen LogP) is 6.26. The van der Waals surface area contributed by atoms with Crippen LogP contribution in [0.4, 0.5) is 18.9 Å². The molecule has 9 heteroatoms. The minimum atomic E-state index is -2.64. The molecule has 31 heavy (non-hydrogen) atoms. The van der Waals surface area contributed by atoms with Gasteiger partial charge in [-0.2, -0.15) is 0 Å². The molecule has 4 rings (SSSR count). The number of carbonyl (C=O) groups is 2. The molecular formula is C22H13BrClF3N2O2. The predicted molar refractivity (Wildman–Crippen MR) is 114 cm³/mol. The summed E-state index contributed by atoms with van der Waals surface area (Å²) in [6.45, 7) is 0. The first-order valence-corrected chi connectivity index (χ1v) is 10.2. The van der Waals surface area contributed by atoms with E-state index in [1.165, 1.54) is 42.5 Å². The fourth-order valence-corrected chi connectivity index (χ4v) is 4.13. The normalized spacial score (nSPS) is 15.0. The van der Waals surface area contributed by atoms with Crippen LogP contribution < -0.4 is 10.6 Å². The standard InChI is InChI=1S/C22H13BrClF3N2O2/c23-12-7-15-18(19(29-22(15)31)14-9-13(25)5-6-16(14)24)17(8-12)28-21(30)11-3-1-10(2-4-11)20(26)27/h1-9,19-20H,(H,28,30)(H,29,31). The number of fused-ring (bicyclic) bond motifs is 1. The summed E-state index contributed by atoms with van der Waals surface area (Å²) in [4.78, 5) is 25.3. The Balaban J connectivity index is 1.74. The van der Waals surface area contributed by atoms with Crippen LogP contribution in [0.2, 0.25) is 5.02 Å². The molecule has 4 nitrogen and oxygen atoms in total. The molecule has 1 heterocycles. The molecule has 0 fully saturated rings. The van der Waals surface area contributed by atoms with E-state index >= 15 is 0 Å². The average Bonchev–Trinajstić information content (AvgIpc) is 3.06. The van der Waals surface area contributed by atoms with Crippen molar-refractivity contribution in [3.8, 4) is 0 Å². The molecule has 2 amide bonds. The van der Waals surface area contributed by atoms with E-state index in [0.29, 0.717) is 26.9 Å². The topological polar surface area (TPSA) is 58.2 Å². The average molecular weight is 510 g/mol. The molecule has 0 radical (unpaired) electrons. The van der Waals surface area contributed by atoms with E-state index in [2.05, 4.69) is 26.6 Å². The second-order valence-corrected chi connectivity index (χ2v) is 8.19.